The number of H-pyrrole nitrogens is 1. The van der Waals surface area contributed by atoms with Crippen molar-refractivity contribution in [2.75, 3.05) is 33.7 Å². The smallest absolute Gasteiger partial charge is 0.191 e. The fourth-order valence-corrected chi connectivity index (χ4v) is 3.37. The van der Waals surface area contributed by atoms with Gasteiger partial charge in [-0.05, 0) is 51.2 Å². The summed E-state index contributed by atoms with van der Waals surface area (Å²) in [7, 11) is 6.01. The third-order valence-electron chi connectivity index (χ3n) is 4.92. The molecule has 0 saturated carbocycles. The van der Waals surface area contributed by atoms with Gasteiger partial charge in [0.05, 0.1) is 18.8 Å². The van der Waals surface area contributed by atoms with Crippen molar-refractivity contribution in [3.63, 3.8) is 0 Å². The molecule has 1 unspecified atom stereocenters. The standard InChI is InChI=1S/C21H30FN7.HI/c1-5-23-21(26-13-20(28(2)3)16-12-27-29(4)14-16)24-9-8-15-11-25-19-7-6-17(22)10-18(15)19;/h6-7,10-12,14,20,25H,5,8-9,13H2,1-4H3,(H2,23,24,26);1H. The predicted molar refractivity (Wildman–Crippen MR) is 131 cm³/mol. The minimum Gasteiger partial charge on any atom is -0.361 e. The quantitative estimate of drug-likeness (QED) is 0.239. The largest absolute Gasteiger partial charge is 0.361 e. The molecule has 3 N–H and O–H groups in total. The summed E-state index contributed by atoms with van der Waals surface area (Å²) in [5.41, 5.74) is 3.18. The van der Waals surface area contributed by atoms with Crippen molar-refractivity contribution in [1.29, 1.82) is 0 Å². The second-order valence-electron chi connectivity index (χ2n) is 7.33. The number of nitrogens with one attached hydrogen (secondary N) is 3. The third kappa shape index (κ3) is 6.18. The Morgan fingerprint density at radius 3 is 2.80 bits per heavy atom. The summed E-state index contributed by atoms with van der Waals surface area (Å²) >= 11 is 0. The molecule has 0 fully saturated rings. The van der Waals surface area contributed by atoms with Gasteiger partial charge >= 0.3 is 0 Å². The molecule has 0 aliphatic heterocycles. The first kappa shape index (κ1) is 24.1. The topological polar surface area (TPSA) is 73.3 Å². The molecule has 9 heteroatoms. The molecule has 0 spiro atoms. The van der Waals surface area contributed by atoms with E-state index in [1.165, 1.54) is 6.07 Å². The van der Waals surface area contributed by atoms with Gasteiger partial charge in [-0.3, -0.25) is 9.67 Å². The van der Waals surface area contributed by atoms with Crippen LogP contribution in [-0.4, -0.2) is 59.4 Å². The molecular formula is C21H31FIN7. The summed E-state index contributed by atoms with van der Waals surface area (Å²) in [4.78, 5) is 10.1. The highest BCUT2D eigenvalue weighted by atomic mass is 127. The van der Waals surface area contributed by atoms with Crippen LogP contribution in [0.25, 0.3) is 10.9 Å². The highest BCUT2D eigenvalue weighted by Crippen LogP contribution is 2.20. The molecule has 0 radical (unpaired) electrons. The molecule has 3 rings (SSSR count). The van der Waals surface area contributed by atoms with Crippen molar-refractivity contribution in [2.24, 2.45) is 12.0 Å². The number of guanidine groups is 1. The van der Waals surface area contributed by atoms with Crippen molar-refractivity contribution >= 4 is 40.8 Å². The second kappa shape index (κ2) is 11.3. The Hall–Kier alpha value is -2.14. The molecule has 30 heavy (non-hydrogen) atoms. The Morgan fingerprint density at radius 2 is 2.13 bits per heavy atom. The van der Waals surface area contributed by atoms with Crippen LogP contribution in [0, 0.1) is 5.82 Å². The molecule has 2 heterocycles. The van der Waals surface area contributed by atoms with Gasteiger partial charge in [0, 0.05) is 49.0 Å². The van der Waals surface area contributed by atoms with E-state index in [2.05, 4.69) is 25.6 Å². The van der Waals surface area contributed by atoms with E-state index < -0.39 is 0 Å². The van der Waals surface area contributed by atoms with Crippen LogP contribution < -0.4 is 10.6 Å². The van der Waals surface area contributed by atoms with Crippen LogP contribution in [0.2, 0.25) is 0 Å². The third-order valence-corrected chi connectivity index (χ3v) is 4.92. The Bertz CT molecular complexity index is 963. The first-order valence-electron chi connectivity index (χ1n) is 9.90. The fraction of sp³-hybridized carbons (Fsp3) is 0.429. The molecule has 3 aromatic rings. The maximum absolute atomic E-state index is 13.6. The number of aromatic nitrogens is 3. The van der Waals surface area contributed by atoms with E-state index in [9.17, 15) is 4.39 Å². The molecule has 0 aliphatic carbocycles. The van der Waals surface area contributed by atoms with Crippen molar-refractivity contribution in [3.05, 3.63) is 53.7 Å². The summed E-state index contributed by atoms with van der Waals surface area (Å²) in [6, 6.07) is 4.97. The molecule has 1 aromatic carbocycles. The average molecular weight is 527 g/mol. The van der Waals surface area contributed by atoms with Crippen molar-refractivity contribution in [2.45, 2.75) is 19.4 Å². The van der Waals surface area contributed by atoms with Gasteiger partial charge in [-0.1, -0.05) is 0 Å². The number of likely N-dealkylation sites (N-methyl/N-ethyl adjacent to an activating group) is 1. The molecule has 164 valence electrons. The van der Waals surface area contributed by atoms with Gasteiger partial charge < -0.3 is 20.5 Å². The van der Waals surface area contributed by atoms with Gasteiger partial charge in [-0.15, -0.1) is 24.0 Å². The van der Waals surface area contributed by atoms with Gasteiger partial charge in [0.2, 0.25) is 0 Å². The average Bonchev–Trinajstić information content (AvgIpc) is 3.28. The van der Waals surface area contributed by atoms with Crippen molar-refractivity contribution in [1.82, 2.24) is 30.3 Å². The Labute approximate surface area is 194 Å². The summed E-state index contributed by atoms with van der Waals surface area (Å²) < 4.78 is 15.4. The lowest BCUT2D eigenvalue weighted by molar-refractivity contribution is 0.306. The van der Waals surface area contributed by atoms with Crippen LogP contribution >= 0.6 is 24.0 Å². The number of halogens is 2. The zero-order valence-electron chi connectivity index (χ0n) is 17.9. The summed E-state index contributed by atoms with van der Waals surface area (Å²) in [6.45, 7) is 4.15. The minimum atomic E-state index is -0.216. The fourth-order valence-electron chi connectivity index (χ4n) is 3.37. The van der Waals surface area contributed by atoms with E-state index in [0.29, 0.717) is 13.1 Å². The van der Waals surface area contributed by atoms with Crippen LogP contribution in [0.4, 0.5) is 4.39 Å². The van der Waals surface area contributed by atoms with Gasteiger partial charge in [-0.2, -0.15) is 5.10 Å². The van der Waals surface area contributed by atoms with E-state index in [1.54, 1.807) is 12.1 Å². The van der Waals surface area contributed by atoms with E-state index in [0.717, 1.165) is 41.0 Å². The van der Waals surface area contributed by atoms with E-state index in [-0.39, 0.29) is 35.8 Å². The molecular weight excluding hydrogens is 496 g/mol. The van der Waals surface area contributed by atoms with Crippen LogP contribution in [0.3, 0.4) is 0 Å². The molecule has 0 saturated heterocycles. The van der Waals surface area contributed by atoms with E-state index in [4.69, 9.17) is 4.99 Å². The maximum Gasteiger partial charge on any atom is 0.191 e. The number of nitrogens with zero attached hydrogens (tertiary/aromatic N) is 4. The molecule has 1 atom stereocenters. The molecule has 2 aromatic heterocycles. The molecule has 7 nitrogen and oxygen atoms in total. The van der Waals surface area contributed by atoms with E-state index in [1.807, 2.05) is 51.3 Å². The molecule has 0 amide bonds. The van der Waals surface area contributed by atoms with Crippen LogP contribution in [0.15, 0.2) is 41.8 Å². The van der Waals surface area contributed by atoms with Crippen LogP contribution in [-0.2, 0) is 13.5 Å². The molecule has 0 bridgehead atoms. The van der Waals surface area contributed by atoms with Crippen LogP contribution in [0.1, 0.15) is 24.1 Å². The summed E-state index contributed by atoms with van der Waals surface area (Å²) in [6.07, 6.45) is 6.63. The summed E-state index contributed by atoms with van der Waals surface area (Å²) in [5, 5.41) is 11.9. The number of aryl methyl sites for hydroxylation is 1. The van der Waals surface area contributed by atoms with Crippen molar-refractivity contribution in [3.8, 4) is 0 Å². The number of hydrogen-bond donors (Lipinski definition) is 3. The zero-order valence-corrected chi connectivity index (χ0v) is 20.3. The number of fused-ring (bicyclic) bond motifs is 1. The Kier molecular flexibility index (Phi) is 9.09. The highest BCUT2D eigenvalue weighted by molar-refractivity contribution is 14.0. The summed E-state index contributed by atoms with van der Waals surface area (Å²) in [5.74, 6) is 0.556. The SMILES string of the molecule is CCNC(=NCC(c1cnn(C)c1)N(C)C)NCCc1c[nH]c2ccc(F)cc12.I. The van der Waals surface area contributed by atoms with Gasteiger partial charge in [0.25, 0.3) is 0 Å². The van der Waals surface area contributed by atoms with Crippen LogP contribution in [0.5, 0.6) is 0 Å². The second-order valence-corrected chi connectivity index (χ2v) is 7.33. The molecule has 0 aliphatic rings. The maximum atomic E-state index is 13.6. The predicted octanol–water partition coefficient (Wildman–Crippen LogP) is 3.06. The van der Waals surface area contributed by atoms with Gasteiger partial charge in [0.15, 0.2) is 5.96 Å². The number of aliphatic imine (C=N–C) groups is 1. The monoisotopic (exact) mass is 527 g/mol. The van der Waals surface area contributed by atoms with E-state index >= 15 is 0 Å². The minimum absolute atomic E-state index is 0. The number of aromatic amines is 1. The number of benzene rings is 1. The lowest BCUT2D eigenvalue weighted by Crippen LogP contribution is -2.39. The Morgan fingerprint density at radius 1 is 1.33 bits per heavy atom. The number of hydrogen-bond acceptors (Lipinski definition) is 3. The van der Waals surface area contributed by atoms with Gasteiger partial charge in [0.1, 0.15) is 5.82 Å². The first-order chi connectivity index (χ1) is 14.0. The lowest BCUT2D eigenvalue weighted by Gasteiger charge is -2.22. The van der Waals surface area contributed by atoms with Gasteiger partial charge in [-0.25, -0.2) is 4.39 Å². The van der Waals surface area contributed by atoms with Crippen molar-refractivity contribution < 1.29 is 4.39 Å². The normalized spacial score (nSPS) is 12.8. The number of rotatable bonds is 8. The zero-order chi connectivity index (χ0) is 20.8. The lowest BCUT2D eigenvalue weighted by atomic mass is 10.1. The first-order valence-corrected chi connectivity index (χ1v) is 9.90. The Balaban J connectivity index is 0.00000320. The highest BCUT2D eigenvalue weighted by Gasteiger charge is 2.15.